The maximum atomic E-state index is 12.0. The summed E-state index contributed by atoms with van der Waals surface area (Å²) in [7, 11) is 0. The zero-order valence-corrected chi connectivity index (χ0v) is 10.9. The second-order valence-electron chi connectivity index (χ2n) is 4.46. The first-order chi connectivity index (χ1) is 10.1. The molecule has 1 aliphatic heterocycles. The average molecular weight is 285 g/mol. The Morgan fingerprint density at radius 1 is 1.14 bits per heavy atom. The Bertz CT molecular complexity index is 693. The van der Waals surface area contributed by atoms with Crippen molar-refractivity contribution >= 4 is 17.8 Å². The van der Waals surface area contributed by atoms with E-state index in [4.69, 9.17) is 4.84 Å². The van der Waals surface area contributed by atoms with Crippen molar-refractivity contribution in [3.63, 3.8) is 0 Å². The summed E-state index contributed by atoms with van der Waals surface area (Å²) in [5.41, 5.74) is 0.907. The first kappa shape index (κ1) is 13.0. The van der Waals surface area contributed by atoms with Gasteiger partial charge in [0.25, 0.3) is 11.8 Å². The smallest absolute Gasteiger partial charge is 0.325 e. The molecular weight excluding hydrogens is 274 g/mol. The van der Waals surface area contributed by atoms with Crippen molar-refractivity contribution in [1.82, 2.24) is 14.8 Å². The molecule has 106 valence electrons. The molecule has 3 rings (SSSR count). The molecule has 0 spiro atoms. The molecule has 1 saturated heterocycles. The molecule has 0 saturated carbocycles. The molecule has 1 aromatic carbocycles. The van der Waals surface area contributed by atoms with Gasteiger partial charge in [0.15, 0.2) is 0 Å². The van der Waals surface area contributed by atoms with E-state index in [9.17, 15) is 14.4 Å². The lowest BCUT2D eigenvalue weighted by Crippen LogP contribution is -2.32. The number of amides is 2. The number of nitrogens with zero attached hydrogens (tertiary/aromatic N) is 3. The first-order valence-corrected chi connectivity index (χ1v) is 6.33. The summed E-state index contributed by atoms with van der Waals surface area (Å²) in [5.74, 6) is -1.76. The fourth-order valence-corrected chi connectivity index (χ4v) is 1.99. The molecule has 1 aromatic heterocycles. The number of hydrogen-bond donors (Lipinski definition) is 0. The van der Waals surface area contributed by atoms with Gasteiger partial charge in [0, 0.05) is 25.2 Å². The molecule has 2 amide bonds. The Hall–Kier alpha value is -2.96. The quantitative estimate of drug-likeness (QED) is 0.788. The summed E-state index contributed by atoms with van der Waals surface area (Å²) in [6.07, 6.45) is 3.49. The van der Waals surface area contributed by atoms with Crippen LogP contribution in [0.3, 0.4) is 0 Å². The van der Waals surface area contributed by atoms with Crippen molar-refractivity contribution in [3.05, 3.63) is 48.3 Å². The van der Waals surface area contributed by atoms with Gasteiger partial charge in [-0.1, -0.05) is 6.07 Å². The van der Waals surface area contributed by atoms with Crippen molar-refractivity contribution in [2.45, 2.75) is 12.8 Å². The molecule has 0 unspecified atom stereocenters. The lowest BCUT2D eigenvalue weighted by atomic mass is 10.2. The number of aromatic nitrogens is 2. The minimum absolute atomic E-state index is 0.0689. The van der Waals surface area contributed by atoms with E-state index in [0.717, 1.165) is 0 Å². The van der Waals surface area contributed by atoms with Gasteiger partial charge in [-0.2, -0.15) is 5.10 Å². The van der Waals surface area contributed by atoms with Crippen LogP contribution in [0.25, 0.3) is 5.69 Å². The predicted octanol–water partition coefficient (Wildman–Crippen LogP) is 1.09. The SMILES string of the molecule is O=C(ON1C(=O)CCC1=O)c1cccc(-n2cccn2)c1. The van der Waals surface area contributed by atoms with Gasteiger partial charge >= 0.3 is 5.97 Å². The van der Waals surface area contributed by atoms with Crippen LogP contribution in [0, 0.1) is 0 Å². The number of carbonyl (C=O) groups excluding carboxylic acids is 3. The van der Waals surface area contributed by atoms with Crippen LogP contribution in [-0.2, 0) is 14.4 Å². The molecule has 7 nitrogen and oxygen atoms in total. The topological polar surface area (TPSA) is 81.5 Å². The van der Waals surface area contributed by atoms with Gasteiger partial charge in [-0.05, 0) is 24.3 Å². The van der Waals surface area contributed by atoms with E-state index in [1.165, 1.54) is 0 Å². The van der Waals surface area contributed by atoms with Gasteiger partial charge in [-0.3, -0.25) is 9.59 Å². The van der Waals surface area contributed by atoms with E-state index >= 15 is 0 Å². The summed E-state index contributed by atoms with van der Waals surface area (Å²) >= 11 is 0. The molecule has 0 bridgehead atoms. The highest BCUT2D eigenvalue weighted by atomic mass is 16.7. The highest BCUT2D eigenvalue weighted by molar-refractivity contribution is 6.02. The van der Waals surface area contributed by atoms with Gasteiger partial charge in [0.2, 0.25) is 0 Å². The number of carbonyl (C=O) groups is 3. The van der Waals surface area contributed by atoms with Crippen LogP contribution in [0.5, 0.6) is 0 Å². The van der Waals surface area contributed by atoms with Crippen LogP contribution in [0.15, 0.2) is 42.7 Å². The zero-order valence-electron chi connectivity index (χ0n) is 10.9. The molecule has 2 aromatic rings. The molecule has 0 atom stereocenters. The Balaban J connectivity index is 1.80. The molecular formula is C14H11N3O4. The van der Waals surface area contributed by atoms with Crippen molar-refractivity contribution in [1.29, 1.82) is 0 Å². The summed E-state index contributed by atoms with van der Waals surface area (Å²) in [6, 6.07) is 8.31. The minimum Gasteiger partial charge on any atom is -0.325 e. The Labute approximate surface area is 119 Å². The van der Waals surface area contributed by atoms with Crippen molar-refractivity contribution < 1.29 is 19.2 Å². The standard InChI is InChI=1S/C14H11N3O4/c18-12-5-6-13(19)17(12)21-14(20)10-3-1-4-11(9-10)16-8-2-7-15-16/h1-4,7-9H,5-6H2. The lowest BCUT2D eigenvalue weighted by molar-refractivity contribution is -0.172. The van der Waals surface area contributed by atoms with Crippen molar-refractivity contribution in [3.8, 4) is 5.69 Å². The fraction of sp³-hybridized carbons (Fsp3) is 0.143. The van der Waals surface area contributed by atoms with Gasteiger partial charge in [0.05, 0.1) is 11.3 Å². The number of hydroxylamine groups is 2. The molecule has 1 fully saturated rings. The zero-order chi connectivity index (χ0) is 14.8. The summed E-state index contributed by atoms with van der Waals surface area (Å²) in [5, 5.41) is 4.59. The minimum atomic E-state index is -0.757. The van der Waals surface area contributed by atoms with E-state index in [1.54, 1.807) is 47.4 Å². The molecule has 7 heteroatoms. The van der Waals surface area contributed by atoms with Crippen molar-refractivity contribution in [2.75, 3.05) is 0 Å². The lowest BCUT2D eigenvalue weighted by Gasteiger charge is -2.12. The van der Waals surface area contributed by atoms with Crippen LogP contribution in [0.4, 0.5) is 0 Å². The molecule has 0 radical (unpaired) electrons. The highest BCUT2D eigenvalue weighted by Crippen LogP contribution is 2.16. The molecule has 2 heterocycles. The van der Waals surface area contributed by atoms with Crippen LogP contribution in [0.1, 0.15) is 23.2 Å². The maximum Gasteiger partial charge on any atom is 0.363 e. The van der Waals surface area contributed by atoms with E-state index in [2.05, 4.69) is 5.10 Å². The van der Waals surface area contributed by atoms with E-state index in [1.807, 2.05) is 0 Å². The predicted molar refractivity (Wildman–Crippen MR) is 70.1 cm³/mol. The summed E-state index contributed by atoms with van der Waals surface area (Å²) in [6.45, 7) is 0. The number of imide groups is 1. The van der Waals surface area contributed by atoms with Gasteiger partial charge in [0.1, 0.15) is 0 Å². The summed E-state index contributed by atoms with van der Waals surface area (Å²) in [4.78, 5) is 39.7. The van der Waals surface area contributed by atoms with Gasteiger partial charge in [-0.25, -0.2) is 9.48 Å². The number of hydrogen-bond acceptors (Lipinski definition) is 5. The maximum absolute atomic E-state index is 12.0. The molecule has 21 heavy (non-hydrogen) atoms. The van der Waals surface area contributed by atoms with Gasteiger partial charge < -0.3 is 4.84 Å². The third-order valence-corrected chi connectivity index (χ3v) is 3.03. The van der Waals surface area contributed by atoms with E-state index in [-0.39, 0.29) is 18.4 Å². The monoisotopic (exact) mass is 285 g/mol. The Morgan fingerprint density at radius 2 is 1.90 bits per heavy atom. The summed E-state index contributed by atoms with van der Waals surface area (Å²) < 4.78 is 1.59. The molecule has 0 N–H and O–H groups in total. The second-order valence-corrected chi connectivity index (χ2v) is 4.46. The van der Waals surface area contributed by atoms with Gasteiger partial charge in [-0.15, -0.1) is 5.06 Å². The van der Waals surface area contributed by atoms with Crippen LogP contribution in [0.2, 0.25) is 0 Å². The number of rotatable bonds is 3. The largest absolute Gasteiger partial charge is 0.363 e. The highest BCUT2D eigenvalue weighted by Gasteiger charge is 2.33. The van der Waals surface area contributed by atoms with Crippen molar-refractivity contribution in [2.24, 2.45) is 0 Å². The third-order valence-electron chi connectivity index (χ3n) is 3.03. The first-order valence-electron chi connectivity index (χ1n) is 6.33. The average Bonchev–Trinajstić information content (AvgIpc) is 3.13. The second kappa shape index (κ2) is 5.20. The van der Waals surface area contributed by atoms with E-state index in [0.29, 0.717) is 10.8 Å². The third kappa shape index (κ3) is 2.53. The van der Waals surface area contributed by atoms with Crippen LogP contribution >= 0.6 is 0 Å². The Morgan fingerprint density at radius 3 is 2.57 bits per heavy atom. The van der Waals surface area contributed by atoms with Crippen LogP contribution in [-0.4, -0.2) is 32.6 Å². The molecule has 1 aliphatic rings. The fourth-order valence-electron chi connectivity index (χ4n) is 1.99. The Kier molecular flexibility index (Phi) is 3.23. The number of benzene rings is 1. The molecule has 0 aliphatic carbocycles. The normalized spacial score (nSPS) is 14.6. The van der Waals surface area contributed by atoms with Crippen LogP contribution < -0.4 is 0 Å². The van der Waals surface area contributed by atoms with E-state index < -0.39 is 17.8 Å².